The number of fused-ring (bicyclic) bond motifs is 1. The Morgan fingerprint density at radius 1 is 1.19 bits per heavy atom. The zero-order valence-corrected chi connectivity index (χ0v) is 20.7. The van der Waals surface area contributed by atoms with E-state index in [2.05, 4.69) is 27.2 Å². The predicted octanol–water partition coefficient (Wildman–Crippen LogP) is 5.10. The highest BCUT2D eigenvalue weighted by atomic mass is 19.1. The number of benzene rings is 1. The van der Waals surface area contributed by atoms with Crippen molar-refractivity contribution in [2.45, 2.75) is 26.3 Å². The van der Waals surface area contributed by atoms with E-state index in [0.717, 1.165) is 12.6 Å². The molecule has 4 aromatic rings. The number of rotatable bonds is 10. The Kier molecular flexibility index (Phi) is 8.02. The number of hydrazone groups is 1. The lowest BCUT2D eigenvalue weighted by molar-refractivity contribution is 0.0694. The number of allylic oxidation sites excluding steroid dienone is 1. The standard InChI is InChI=1S/C28H28F2N6O/c1-4-15-35(19(3)17-32-33-23(5-2)24-14-13-20(29)18-31-24)28(37)26-25-12-8-9-16-36(25)34-27(26)21-10-6-7-11-22(21)30/h5-14,16,18-19,32H,2,4,15,17H2,1,3H3/b33-23+. The molecule has 0 bridgehead atoms. The summed E-state index contributed by atoms with van der Waals surface area (Å²) in [7, 11) is 0. The molecule has 4 rings (SSSR count). The molecule has 9 heteroatoms. The van der Waals surface area contributed by atoms with E-state index < -0.39 is 11.6 Å². The van der Waals surface area contributed by atoms with Crippen LogP contribution in [0.3, 0.4) is 0 Å². The monoisotopic (exact) mass is 502 g/mol. The first-order valence-corrected chi connectivity index (χ1v) is 12.0. The molecule has 1 aromatic carbocycles. The van der Waals surface area contributed by atoms with Crippen molar-refractivity contribution < 1.29 is 13.6 Å². The fourth-order valence-corrected chi connectivity index (χ4v) is 4.07. The van der Waals surface area contributed by atoms with Gasteiger partial charge in [0, 0.05) is 24.3 Å². The van der Waals surface area contributed by atoms with Crippen LogP contribution in [0.5, 0.6) is 0 Å². The van der Waals surface area contributed by atoms with Crippen LogP contribution in [0.1, 0.15) is 36.3 Å². The molecule has 3 aromatic heterocycles. The molecule has 1 N–H and O–H groups in total. The summed E-state index contributed by atoms with van der Waals surface area (Å²) >= 11 is 0. The first-order chi connectivity index (χ1) is 17.9. The average Bonchev–Trinajstić information content (AvgIpc) is 3.29. The van der Waals surface area contributed by atoms with E-state index >= 15 is 0 Å². The van der Waals surface area contributed by atoms with Crippen molar-refractivity contribution in [1.29, 1.82) is 0 Å². The highest BCUT2D eigenvalue weighted by molar-refractivity contribution is 6.07. The van der Waals surface area contributed by atoms with Gasteiger partial charge in [0.2, 0.25) is 0 Å². The lowest BCUT2D eigenvalue weighted by Gasteiger charge is -2.29. The third kappa shape index (κ3) is 5.55. The second-order valence-electron chi connectivity index (χ2n) is 8.51. The number of aromatic nitrogens is 3. The summed E-state index contributed by atoms with van der Waals surface area (Å²) in [4.78, 5) is 19.8. The lowest BCUT2D eigenvalue weighted by Crippen LogP contribution is -2.44. The molecule has 0 aliphatic heterocycles. The Hall–Kier alpha value is -4.40. The first kappa shape index (κ1) is 25.7. The van der Waals surface area contributed by atoms with Crippen LogP contribution in [0.4, 0.5) is 8.78 Å². The maximum atomic E-state index is 14.8. The molecule has 3 heterocycles. The summed E-state index contributed by atoms with van der Waals surface area (Å²) in [6.07, 6.45) is 5.10. The molecule has 0 aliphatic carbocycles. The first-order valence-electron chi connectivity index (χ1n) is 12.0. The maximum Gasteiger partial charge on any atom is 0.258 e. The zero-order valence-electron chi connectivity index (χ0n) is 20.7. The van der Waals surface area contributed by atoms with Crippen LogP contribution in [0.15, 0.2) is 84.7 Å². The van der Waals surface area contributed by atoms with Crippen LogP contribution in [0, 0.1) is 11.6 Å². The molecule has 1 unspecified atom stereocenters. The molecule has 37 heavy (non-hydrogen) atoms. The number of carbonyl (C=O) groups excluding carboxylic acids is 1. The SMILES string of the molecule is C=C/C(=N\NCC(C)N(CCC)C(=O)c1c(-c2ccccc2F)nn2ccccc12)c1ccc(F)cn1. The molecule has 0 saturated carbocycles. The quantitative estimate of drug-likeness (QED) is 0.242. The highest BCUT2D eigenvalue weighted by Gasteiger charge is 2.28. The minimum absolute atomic E-state index is 0.247. The second kappa shape index (κ2) is 11.6. The Morgan fingerprint density at radius 3 is 2.68 bits per heavy atom. The molecule has 0 radical (unpaired) electrons. The van der Waals surface area contributed by atoms with E-state index in [-0.39, 0.29) is 17.5 Å². The normalized spacial score (nSPS) is 12.4. The van der Waals surface area contributed by atoms with Crippen molar-refractivity contribution in [3.63, 3.8) is 0 Å². The minimum Gasteiger partial charge on any atom is -0.334 e. The van der Waals surface area contributed by atoms with E-state index in [1.54, 1.807) is 45.9 Å². The van der Waals surface area contributed by atoms with Crippen LogP contribution in [-0.4, -0.2) is 50.2 Å². The van der Waals surface area contributed by atoms with Crippen LogP contribution in [0.25, 0.3) is 16.8 Å². The number of nitrogens with one attached hydrogen (secondary N) is 1. The van der Waals surface area contributed by atoms with Crippen LogP contribution < -0.4 is 5.43 Å². The van der Waals surface area contributed by atoms with Gasteiger partial charge >= 0.3 is 0 Å². The van der Waals surface area contributed by atoms with E-state index in [0.29, 0.717) is 41.3 Å². The van der Waals surface area contributed by atoms with Crippen LogP contribution >= 0.6 is 0 Å². The van der Waals surface area contributed by atoms with Gasteiger partial charge in [-0.3, -0.25) is 9.78 Å². The van der Waals surface area contributed by atoms with E-state index in [4.69, 9.17) is 0 Å². The second-order valence-corrected chi connectivity index (χ2v) is 8.51. The summed E-state index contributed by atoms with van der Waals surface area (Å²) in [6.45, 7) is 8.47. The van der Waals surface area contributed by atoms with Crippen molar-refractivity contribution in [1.82, 2.24) is 24.9 Å². The third-order valence-electron chi connectivity index (χ3n) is 5.91. The van der Waals surface area contributed by atoms with E-state index in [1.807, 2.05) is 19.9 Å². The summed E-state index contributed by atoms with van der Waals surface area (Å²) < 4.78 is 29.6. The van der Waals surface area contributed by atoms with Crippen molar-refractivity contribution in [2.24, 2.45) is 5.10 Å². The van der Waals surface area contributed by atoms with Gasteiger partial charge < -0.3 is 10.3 Å². The van der Waals surface area contributed by atoms with Gasteiger partial charge in [0.1, 0.15) is 23.0 Å². The van der Waals surface area contributed by atoms with Gasteiger partial charge in [-0.05, 0) is 55.8 Å². The molecule has 1 atom stereocenters. The van der Waals surface area contributed by atoms with Gasteiger partial charge in [0.25, 0.3) is 5.91 Å². The highest BCUT2D eigenvalue weighted by Crippen LogP contribution is 2.30. The summed E-state index contributed by atoms with van der Waals surface area (Å²) in [6, 6.07) is 14.3. The van der Waals surface area contributed by atoms with Crippen molar-refractivity contribution >= 4 is 17.1 Å². The predicted molar refractivity (Wildman–Crippen MR) is 140 cm³/mol. The van der Waals surface area contributed by atoms with Crippen LogP contribution in [-0.2, 0) is 0 Å². The summed E-state index contributed by atoms with van der Waals surface area (Å²) in [5.41, 5.74) is 5.42. The largest absolute Gasteiger partial charge is 0.334 e. The molecular formula is C28H28F2N6O. The summed E-state index contributed by atoms with van der Waals surface area (Å²) in [5, 5.41) is 8.88. The fraction of sp³-hybridized carbons (Fsp3) is 0.214. The minimum atomic E-state index is -0.447. The van der Waals surface area contributed by atoms with Crippen molar-refractivity contribution in [3.05, 3.63) is 103 Å². The molecule has 0 fully saturated rings. The number of halogens is 2. The Morgan fingerprint density at radius 2 is 1.97 bits per heavy atom. The van der Waals surface area contributed by atoms with Gasteiger partial charge in [-0.15, -0.1) is 0 Å². The van der Waals surface area contributed by atoms with Crippen LogP contribution in [0.2, 0.25) is 0 Å². The summed E-state index contributed by atoms with van der Waals surface area (Å²) in [5.74, 6) is -1.13. The number of pyridine rings is 2. The maximum absolute atomic E-state index is 14.8. The third-order valence-corrected chi connectivity index (χ3v) is 5.91. The van der Waals surface area contributed by atoms with Crippen molar-refractivity contribution in [3.8, 4) is 11.3 Å². The topological polar surface area (TPSA) is 74.9 Å². The molecule has 7 nitrogen and oxygen atoms in total. The van der Waals surface area contributed by atoms with Gasteiger partial charge in [0.15, 0.2) is 0 Å². The number of nitrogens with zero attached hydrogens (tertiary/aromatic N) is 5. The smallest absolute Gasteiger partial charge is 0.258 e. The molecule has 0 saturated heterocycles. The number of hydrogen-bond donors (Lipinski definition) is 1. The van der Waals surface area contributed by atoms with Gasteiger partial charge in [-0.25, -0.2) is 13.3 Å². The lowest BCUT2D eigenvalue weighted by atomic mass is 10.0. The number of hydrogen-bond acceptors (Lipinski definition) is 5. The molecular weight excluding hydrogens is 474 g/mol. The Bertz CT molecular complexity index is 1430. The van der Waals surface area contributed by atoms with Gasteiger partial charge in [-0.1, -0.05) is 31.7 Å². The Balaban J connectivity index is 1.63. The van der Waals surface area contributed by atoms with Gasteiger partial charge in [0.05, 0.1) is 29.5 Å². The number of carbonyl (C=O) groups is 1. The van der Waals surface area contributed by atoms with Gasteiger partial charge in [-0.2, -0.15) is 10.2 Å². The molecule has 190 valence electrons. The fourth-order valence-electron chi connectivity index (χ4n) is 4.07. The molecule has 0 aliphatic rings. The van der Waals surface area contributed by atoms with Crippen molar-refractivity contribution in [2.75, 3.05) is 13.1 Å². The molecule has 1 amide bonds. The Labute approximate surface area is 214 Å². The molecule has 0 spiro atoms. The number of amides is 1. The average molecular weight is 503 g/mol. The van der Waals surface area contributed by atoms with E-state index in [9.17, 15) is 13.6 Å². The zero-order chi connectivity index (χ0) is 26.4. The van der Waals surface area contributed by atoms with E-state index in [1.165, 1.54) is 24.3 Å².